The van der Waals surface area contributed by atoms with E-state index in [9.17, 15) is 4.39 Å². The van der Waals surface area contributed by atoms with Gasteiger partial charge < -0.3 is 10.2 Å². The Morgan fingerprint density at radius 3 is 2.78 bits per heavy atom. The highest BCUT2D eigenvalue weighted by Crippen LogP contribution is 2.34. The molecule has 0 radical (unpaired) electrons. The lowest BCUT2D eigenvalue weighted by Crippen LogP contribution is -2.56. The molecule has 0 saturated carbocycles. The van der Waals surface area contributed by atoms with Gasteiger partial charge in [0.1, 0.15) is 5.52 Å². The Labute approximate surface area is 159 Å². The number of nitrogens with one attached hydrogen (secondary N) is 1. The largest absolute Gasteiger partial charge is 0.346 e. The summed E-state index contributed by atoms with van der Waals surface area (Å²) in [5, 5.41) is 8.72. The van der Waals surface area contributed by atoms with Gasteiger partial charge in [-0.15, -0.1) is 0 Å². The quantitative estimate of drug-likeness (QED) is 0.590. The van der Waals surface area contributed by atoms with E-state index in [1.807, 2.05) is 39.2 Å². The van der Waals surface area contributed by atoms with Crippen LogP contribution in [-0.2, 0) is 0 Å². The number of imidazole rings is 1. The van der Waals surface area contributed by atoms with Crippen LogP contribution in [0.15, 0.2) is 24.4 Å². The van der Waals surface area contributed by atoms with Crippen molar-refractivity contribution in [3.05, 3.63) is 41.5 Å². The summed E-state index contributed by atoms with van der Waals surface area (Å²) >= 11 is 1.52. The van der Waals surface area contributed by atoms with E-state index in [2.05, 4.69) is 25.3 Å². The van der Waals surface area contributed by atoms with Crippen molar-refractivity contribution in [2.45, 2.75) is 19.9 Å². The molecule has 1 N–H and O–H groups in total. The number of benzene rings is 1. The van der Waals surface area contributed by atoms with Gasteiger partial charge in [0.05, 0.1) is 28.3 Å². The Balaban J connectivity index is 1.61. The van der Waals surface area contributed by atoms with Crippen molar-refractivity contribution in [2.24, 2.45) is 0 Å². The van der Waals surface area contributed by atoms with Crippen LogP contribution in [0.1, 0.15) is 11.3 Å². The molecular formula is C19H19FN6S. The average molecular weight is 382 g/mol. The highest BCUT2D eigenvalue weighted by molar-refractivity contribution is 7.22. The fourth-order valence-corrected chi connectivity index (χ4v) is 4.42. The number of likely N-dealkylation sites (N-methyl/N-ethyl adjacent to an activating group) is 1. The Kier molecular flexibility index (Phi) is 3.66. The first kappa shape index (κ1) is 16.6. The topological polar surface area (TPSA) is 58.4 Å². The third kappa shape index (κ3) is 2.67. The number of aryl methyl sites for hydroxylation is 2. The summed E-state index contributed by atoms with van der Waals surface area (Å²) in [6.07, 6.45) is 1.88. The fraction of sp³-hybridized carbons (Fsp3) is 0.316. The minimum Gasteiger partial charge on any atom is -0.346 e. The van der Waals surface area contributed by atoms with Crippen LogP contribution in [0.5, 0.6) is 0 Å². The Morgan fingerprint density at radius 1 is 1.22 bits per heavy atom. The maximum Gasteiger partial charge on any atom is 0.186 e. The van der Waals surface area contributed by atoms with Crippen LogP contribution in [0.4, 0.5) is 9.52 Å². The molecule has 27 heavy (non-hydrogen) atoms. The molecule has 3 aromatic heterocycles. The minimum atomic E-state index is -0.313. The van der Waals surface area contributed by atoms with Crippen LogP contribution in [0.3, 0.4) is 0 Å². The lowest BCUT2D eigenvalue weighted by atomic mass is 10.1. The summed E-state index contributed by atoms with van der Waals surface area (Å²) < 4.78 is 17.4. The lowest BCUT2D eigenvalue weighted by Gasteiger charge is -2.35. The number of thiazole rings is 1. The third-order valence-corrected chi connectivity index (χ3v) is 6.17. The number of nitrogens with zero attached hydrogens (tertiary/aromatic N) is 5. The highest BCUT2D eigenvalue weighted by Gasteiger charge is 2.24. The molecule has 138 valence electrons. The molecule has 6 nitrogen and oxygen atoms in total. The van der Waals surface area contributed by atoms with Gasteiger partial charge in [0.2, 0.25) is 0 Å². The molecule has 1 aliphatic heterocycles. The summed E-state index contributed by atoms with van der Waals surface area (Å²) in [6.45, 7) is 5.81. The normalized spacial score (nSPS) is 14.8. The second-order valence-electron chi connectivity index (χ2n) is 7.09. The number of anilines is 1. The molecule has 5 rings (SSSR count). The van der Waals surface area contributed by atoms with Crippen molar-refractivity contribution in [1.29, 1.82) is 0 Å². The molecule has 1 aliphatic rings. The number of hydrogen-bond acceptors (Lipinski definition) is 6. The predicted octanol–water partition coefficient (Wildman–Crippen LogP) is 3.17. The van der Waals surface area contributed by atoms with Crippen molar-refractivity contribution in [2.75, 3.05) is 25.0 Å². The van der Waals surface area contributed by atoms with Crippen LogP contribution in [-0.4, -0.2) is 45.8 Å². The van der Waals surface area contributed by atoms with Gasteiger partial charge >= 0.3 is 0 Å². The maximum atomic E-state index is 14.8. The first-order valence-electron chi connectivity index (χ1n) is 8.87. The smallest absolute Gasteiger partial charge is 0.186 e. The van der Waals surface area contributed by atoms with E-state index in [0.29, 0.717) is 11.6 Å². The number of rotatable bonds is 3. The first-order valence-corrected chi connectivity index (χ1v) is 9.69. The molecule has 0 atom stereocenters. The third-order valence-electron chi connectivity index (χ3n) is 5.07. The van der Waals surface area contributed by atoms with Crippen LogP contribution < -0.4 is 10.2 Å². The van der Waals surface area contributed by atoms with Crippen molar-refractivity contribution in [1.82, 2.24) is 24.9 Å². The molecule has 0 aliphatic carbocycles. The van der Waals surface area contributed by atoms with Crippen molar-refractivity contribution < 1.29 is 4.39 Å². The van der Waals surface area contributed by atoms with Crippen LogP contribution in [0, 0.1) is 19.7 Å². The molecule has 0 spiro atoms. The molecule has 8 heteroatoms. The molecule has 1 fully saturated rings. The van der Waals surface area contributed by atoms with Crippen LogP contribution in [0.2, 0.25) is 0 Å². The zero-order valence-corrected chi connectivity index (χ0v) is 16.1. The SMILES string of the molecule is Cc1cn2nc(-c3cc(F)c4nc(N(C)C5CNC5)sc4c3)cc(C)c2n1. The summed E-state index contributed by atoms with van der Waals surface area (Å²) in [6, 6.07) is 5.87. The van der Waals surface area contributed by atoms with E-state index in [1.165, 1.54) is 17.4 Å². The van der Waals surface area contributed by atoms with Crippen molar-refractivity contribution >= 4 is 32.3 Å². The summed E-state index contributed by atoms with van der Waals surface area (Å²) in [5.74, 6) is -0.313. The molecule has 1 aromatic carbocycles. The highest BCUT2D eigenvalue weighted by atomic mass is 32.1. The second kappa shape index (κ2) is 5.97. The van der Waals surface area contributed by atoms with Gasteiger partial charge in [0.15, 0.2) is 16.6 Å². The summed E-state index contributed by atoms with van der Waals surface area (Å²) in [4.78, 5) is 11.1. The monoisotopic (exact) mass is 382 g/mol. The zero-order chi connectivity index (χ0) is 18.7. The van der Waals surface area contributed by atoms with Gasteiger partial charge in [-0.2, -0.15) is 5.10 Å². The van der Waals surface area contributed by atoms with E-state index in [0.717, 1.165) is 51.1 Å². The van der Waals surface area contributed by atoms with E-state index in [-0.39, 0.29) is 5.82 Å². The molecule has 0 bridgehead atoms. The van der Waals surface area contributed by atoms with Gasteiger partial charge in [0.25, 0.3) is 0 Å². The zero-order valence-electron chi connectivity index (χ0n) is 15.3. The van der Waals surface area contributed by atoms with Gasteiger partial charge in [-0.3, -0.25) is 0 Å². The van der Waals surface area contributed by atoms with E-state index < -0.39 is 0 Å². The van der Waals surface area contributed by atoms with Crippen LogP contribution >= 0.6 is 11.3 Å². The van der Waals surface area contributed by atoms with E-state index >= 15 is 0 Å². The number of halogens is 1. The molecule has 0 unspecified atom stereocenters. The summed E-state index contributed by atoms with van der Waals surface area (Å²) in [7, 11) is 2.02. The second-order valence-corrected chi connectivity index (χ2v) is 8.10. The fourth-order valence-electron chi connectivity index (χ4n) is 3.37. The molecule has 4 aromatic rings. The van der Waals surface area contributed by atoms with Gasteiger partial charge in [0, 0.05) is 25.7 Å². The predicted molar refractivity (Wildman–Crippen MR) is 106 cm³/mol. The average Bonchev–Trinajstić information content (AvgIpc) is 3.16. The Bertz CT molecular complexity index is 1180. The lowest BCUT2D eigenvalue weighted by molar-refractivity contribution is 0.428. The van der Waals surface area contributed by atoms with Crippen molar-refractivity contribution in [3.63, 3.8) is 0 Å². The first-order chi connectivity index (χ1) is 13.0. The Morgan fingerprint density at radius 2 is 2.04 bits per heavy atom. The maximum absolute atomic E-state index is 14.8. The standard InChI is InChI=1S/C19H19FN6S/c1-10-4-15(24-26-9-11(2)22-18(10)26)12-5-14(20)17-16(6-12)27-19(23-17)25(3)13-7-21-8-13/h4-6,9,13,21H,7-8H2,1-3H3. The van der Waals surface area contributed by atoms with Crippen molar-refractivity contribution in [3.8, 4) is 11.3 Å². The number of aromatic nitrogens is 4. The molecule has 4 heterocycles. The minimum absolute atomic E-state index is 0.313. The van der Waals surface area contributed by atoms with E-state index in [4.69, 9.17) is 0 Å². The molecule has 0 amide bonds. The molecular weight excluding hydrogens is 363 g/mol. The molecule has 1 saturated heterocycles. The van der Waals surface area contributed by atoms with Gasteiger partial charge in [-0.1, -0.05) is 11.3 Å². The Hall–Kier alpha value is -2.58. The van der Waals surface area contributed by atoms with E-state index in [1.54, 1.807) is 4.52 Å². The number of fused-ring (bicyclic) bond motifs is 2. The van der Waals surface area contributed by atoms with Gasteiger partial charge in [-0.05, 0) is 37.6 Å². The van der Waals surface area contributed by atoms with Crippen LogP contribution in [0.25, 0.3) is 27.1 Å². The summed E-state index contributed by atoms with van der Waals surface area (Å²) in [5.41, 5.74) is 4.65. The number of hydrogen-bond donors (Lipinski definition) is 1. The van der Waals surface area contributed by atoms with Gasteiger partial charge in [-0.25, -0.2) is 18.9 Å².